The van der Waals surface area contributed by atoms with Gasteiger partial charge in [-0.05, 0) is 18.2 Å². The average molecular weight is 379 g/mol. The Bertz CT molecular complexity index is 985. The molecule has 2 atom stereocenters. The summed E-state index contributed by atoms with van der Waals surface area (Å²) in [7, 11) is 3.48. The van der Waals surface area contributed by atoms with Gasteiger partial charge >= 0.3 is 0 Å². The normalized spacial score (nSPS) is 16.3. The van der Waals surface area contributed by atoms with Gasteiger partial charge in [0.15, 0.2) is 11.5 Å². The molecular weight excluding hydrogens is 358 g/mol. The molecular formula is C21H21N3O4. The monoisotopic (exact) mass is 379 g/mol. The number of methoxy groups -OCH3 is 1. The number of nitrogens with one attached hydrogen (secondary N) is 1. The number of para-hydroxylation sites is 3. The van der Waals surface area contributed by atoms with E-state index in [4.69, 9.17) is 14.2 Å². The fraction of sp³-hybridized carbons (Fsp3) is 0.238. The highest BCUT2D eigenvalue weighted by atomic mass is 16.6. The van der Waals surface area contributed by atoms with Crippen molar-refractivity contribution < 1.29 is 19.0 Å². The molecule has 4 rings (SSSR count). The second-order valence-electron chi connectivity index (χ2n) is 6.44. The number of hydrogen-bond donors (Lipinski definition) is 1. The fourth-order valence-electron chi connectivity index (χ4n) is 3.23. The number of hydrogen-bond acceptors (Lipinski definition) is 5. The number of carbonyl (C=O) groups is 1. The first-order valence-corrected chi connectivity index (χ1v) is 8.96. The highest BCUT2D eigenvalue weighted by Gasteiger charge is 2.31. The number of ether oxygens (including phenoxy) is 3. The van der Waals surface area contributed by atoms with Crippen molar-refractivity contribution in [2.45, 2.75) is 12.1 Å². The number of benzene rings is 2. The number of aromatic nitrogens is 2. The summed E-state index contributed by atoms with van der Waals surface area (Å²) in [5, 5.41) is 3.04. The molecule has 7 nitrogen and oxygen atoms in total. The van der Waals surface area contributed by atoms with Gasteiger partial charge in [0.2, 0.25) is 6.10 Å². The average Bonchev–Trinajstić information content (AvgIpc) is 3.17. The van der Waals surface area contributed by atoms with Gasteiger partial charge in [0.05, 0.1) is 7.11 Å². The molecule has 0 saturated heterocycles. The number of amides is 1. The smallest absolute Gasteiger partial charge is 0.265 e. The lowest BCUT2D eigenvalue weighted by Gasteiger charge is -2.28. The minimum atomic E-state index is -0.757. The van der Waals surface area contributed by atoms with Crippen LogP contribution in [0.2, 0.25) is 0 Å². The SMILES string of the molecule is COc1ccccc1[C@@H](NC(=O)[C@@H]1COc2ccccc2O1)c1nccn1C. The summed E-state index contributed by atoms with van der Waals surface area (Å²) in [4.78, 5) is 17.4. The Hall–Kier alpha value is -3.48. The summed E-state index contributed by atoms with van der Waals surface area (Å²) < 4.78 is 18.9. The van der Waals surface area contributed by atoms with Crippen molar-refractivity contribution >= 4 is 5.91 Å². The fourth-order valence-corrected chi connectivity index (χ4v) is 3.23. The van der Waals surface area contributed by atoms with Crippen molar-refractivity contribution in [3.05, 3.63) is 72.3 Å². The van der Waals surface area contributed by atoms with Crippen molar-refractivity contribution in [1.82, 2.24) is 14.9 Å². The zero-order valence-electron chi connectivity index (χ0n) is 15.7. The van der Waals surface area contributed by atoms with E-state index in [9.17, 15) is 4.79 Å². The van der Waals surface area contributed by atoms with Crippen molar-refractivity contribution in [3.8, 4) is 17.2 Å². The number of fused-ring (bicyclic) bond motifs is 1. The second-order valence-corrected chi connectivity index (χ2v) is 6.44. The number of rotatable bonds is 5. The summed E-state index contributed by atoms with van der Waals surface area (Å²) in [6.45, 7) is 0.141. The van der Waals surface area contributed by atoms with Gasteiger partial charge in [-0.1, -0.05) is 30.3 Å². The van der Waals surface area contributed by atoms with E-state index < -0.39 is 12.1 Å². The Morgan fingerprint density at radius 2 is 1.96 bits per heavy atom. The standard InChI is InChI=1S/C21H21N3O4/c1-24-12-11-22-20(24)19(14-7-3-4-8-15(14)26-2)23-21(25)18-13-27-16-9-5-6-10-17(16)28-18/h3-12,18-19H,13H2,1-2H3,(H,23,25)/t18-,19+/m0/s1. The minimum absolute atomic E-state index is 0.141. The molecule has 7 heteroatoms. The maximum atomic E-state index is 13.0. The van der Waals surface area contributed by atoms with E-state index in [1.54, 1.807) is 19.4 Å². The predicted molar refractivity (Wildman–Crippen MR) is 103 cm³/mol. The van der Waals surface area contributed by atoms with Gasteiger partial charge in [-0.2, -0.15) is 0 Å². The molecule has 2 aromatic carbocycles. The summed E-state index contributed by atoms with van der Waals surface area (Å²) in [5.74, 6) is 2.27. The molecule has 0 bridgehead atoms. The van der Waals surface area contributed by atoms with E-state index in [1.807, 2.05) is 60.3 Å². The van der Waals surface area contributed by atoms with Gasteiger partial charge in [0.25, 0.3) is 5.91 Å². The molecule has 0 radical (unpaired) electrons. The van der Waals surface area contributed by atoms with Gasteiger partial charge in [-0.25, -0.2) is 4.98 Å². The zero-order chi connectivity index (χ0) is 19.5. The summed E-state index contributed by atoms with van der Waals surface area (Å²) >= 11 is 0. The number of aryl methyl sites for hydroxylation is 1. The molecule has 144 valence electrons. The van der Waals surface area contributed by atoms with Crippen molar-refractivity contribution in [2.24, 2.45) is 7.05 Å². The summed E-state index contributed by atoms with van der Waals surface area (Å²) in [6, 6.07) is 14.4. The zero-order valence-corrected chi connectivity index (χ0v) is 15.7. The molecule has 1 aromatic heterocycles. The first kappa shape index (κ1) is 17.9. The number of carbonyl (C=O) groups excluding carboxylic acids is 1. The van der Waals surface area contributed by atoms with Crippen molar-refractivity contribution in [1.29, 1.82) is 0 Å². The lowest BCUT2D eigenvalue weighted by Crippen LogP contribution is -2.45. The molecule has 2 heterocycles. The third kappa shape index (κ3) is 3.38. The molecule has 1 amide bonds. The largest absolute Gasteiger partial charge is 0.496 e. The highest BCUT2D eigenvalue weighted by Crippen LogP contribution is 2.32. The van der Waals surface area contributed by atoms with Crippen molar-refractivity contribution in [2.75, 3.05) is 13.7 Å². The van der Waals surface area contributed by atoms with Crippen molar-refractivity contribution in [3.63, 3.8) is 0 Å². The van der Waals surface area contributed by atoms with E-state index in [-0.39, 0.29) is 12.5 Å². The first-order valence-electron chi connectivity index (χ1n) is 8.96. The third-order valence-corrected chi connectivity index (χ3v) is 4.65. The lowest BCUT2D eigenvalue weighted by atomic mass is 10.0. The first-order chi connectivity index (χ1) is 13.7. The predicted octanol–water partition coefficient (Wildman–Crippen LogP) is 2.47. The van der Waals surface area contributed by atoms with Gasteiger partial charge in [0.1, 0.15) is 24.2 Å². The quantitative estimate of drug-likeness (QED) is 0.737. The van der Waals surface area contributed by atoms with Crippen LogP contribution in [0.1, 0.15) is 17.4 Å². The Morgan fingerprint density at radius 1 is 1.21 bits per heavy atom. The maximum Gasteiger partial charge on any atom is 0.265 e. The van der Waals surface area contributed by atoms with Crippen LogP contribution < -0.4 is 19.5 Å². The van der Waals surface area contributed by atoms with E-state index in [0.717, 1.165) is 5.56 Å². The molecule has 0 fully saturated rings. The molecule has 0 saturated carbocycles. The van der Waals surface area contributed by atoms with Gasteiger partial charge in [-0.3, -0.25) is 4.79 Å². The Labute approximate surface area is 162 Å². The summed E-state index contributed by atoms with van der Waals surface area (Å²) in [5.41, 5.74) is 0.810. The molecule has 1 aliphatic rings. The van der Waals surface area contributed by atoms with Crippen LogP contribution in [0, 0.1) is 0 Å². The Morgan fingerprint density at radius 3 is 2.71 bits per heavy atom. The summed E-state index contributed by atoms with van der Waals surface area (Å²) in [6.07, 6.45) is 2.77. The van der Waals surface area contributed by atoms with Crippen LogP contribution in [0.4, 0.5) is 0 Å². The van der Waals surface area contributed by atoms with Crippen LogP contribution in [0.25, 0.3) is 0 Å². The van der Waals surface area contributed by atoms with E-state index in [0.29, 0.717) is 23.1 Å². The lowest BCUT2D eigenvalue weighted by molar-refractivity contribution is -0.130. The Balaban J connectivity index is 1.62. The van der Waals surface area contributed by atoms with Gasteiger partial charge < -0.3 is 24.1 Å². The molecule has 28 heavy (non-hydrogen) atoms. The maximum absolute atomic E-state index is 13.0. The third-order valence-electron chi connectivity index (χ3n) is 4.65. The second kappa shape index (κ2) is 7.64. The molecule has 0 aliphatic carbocycles. The van der Waals surface area contributed by atoms with Crippen LogP contribution in [-0.4, -0.2) is 35.3 Å². The van der Waals surface area contributed by atoms with E-state index >= 15 is 0 Å². The van der Waals surface area contributed by atoms with Crippen LogP contribution in [0.5, 0.6) is 17.2 Å². The number of imidazole rings is 1. The van der Waals surface area contributed by atoms with Gasteiger partial charge in [0, 0.05) is 25.0 Å². The van der Waals surface area contributed by atoms with Gasteiger partial charge in [-0.15, -0.1) is 0 Å². The van der Waals surface area contributed by atoms with E-state index in [1.165, 1.54) is 0 Å². The number of nitrogens with zero attached hydrogens (tertiary/aromatic N) is 2. The van der Waals surface area contributed by atoms with Crippen LogP contribution >= 0.6 is 0 Å². The molecule has 0 unspecified atom stereocenters. The molecule has 1 aliphatic heterocycles. The van der Waals surface area contributed by atoms with E-state index in [2.05, 4.69) is 10.3 Å². The van der Waals surface area contributed by atoms with Crippen LogP contribution in [0.3, 0.4) is 0 Å². The highest BCUT2D eigenvalue weighted by molar-refractivity contribution is 5.82. The Kier molecular flexibility index (Phi) is 4.89. The van der Waals surface area contributed by atoms with Crippen LogP contribution in [-0.2, 0) is 11.8 Å². The molecule has 3 aromatic rings. The van der Waals surface area contributed by atoms with Crippen LogP contribution in [0.15, 0.2) is 60.9 Å². The minimum Gasteiger partial charge on any atom is -0.496 e. The molecule has 0 spiro atoms. The molecule has 1 N–H and O–H groups in total. The topological polar surface area (TPSA) is 74.6 Å².